The zero-order valence-electron chi connectivity index (χ0n) is 16.0. The van der Waals surface area contributed by atoms with Crippen molar-refractivity contribution in [1.29, 1.82) is 0 Å². The van der Waals surface area contributed by atoms with Crippen LogP contribution >= 0.6 is 0 Å². The molecule has 10 rings (SSSR count). The second-order valence-electron chi connectivity index (χ2n) is 8.91. The van der Waals surface area contributed by atoms with Gasteiger partial charge >= 0.3 is 0 Å². The molecule has 0 N–H and O–H groups in total. The molecule has 0 radical (unpaired) electrons. The molecule has 2 nitrogen and oxygen atoms in total. The van der Waals surface area contributed by atoms with Gasteiger partial charge in [-0.25, -0.2) is 0 Å². The number of fused-ring (bicyclic) bond motifs is 2. The van der Waals surface area contributed by atoms with Gasteiger partial charge in [-0.15, -0.1) is 0 Å². The van der Waals surface area contributed by atoms with Gasteiger partial charge in [-0.1, -0.05) is 36.4 Å². The molecule has 0 aromatic heterocycles. The molecule has 2 aromatic carbocycles. The van der Waals surface area contributed by atoms with Gasteiger partial charge in [0.1, 0.15) is 11.5 Å². The van der Waals surface area contributed by atoms with Gasteiger partial charge in [0.05, 0.1) is 13.2 Å². The monoisotopic (exact) mass is 360 g/mol. The highest BCUT2D eigenvalue weighted by molar-refractivity contribution is 5.70. The van der Waals surface area contributed by atoms with E-state index in [-0.39, 0.29) is 0 Å². The molecule has 0 unspecified atom stereocenters. The summed E-state index contributed by atoms with van der Waals surface area (Å²) in [4.78, 5) is 0. The predicted octanol–water partition coefficient (Wildman–Crippen LogP) is 6.36. The van der Waals surface area contributed by atoms with Gasteiger partial charge in [-0.2, -0.15) is 0 Å². The van der Waals surface area contributed by atoms with Crippen molar-refractivity contribution >= 4 is 12.2 Å². The molecule has 3 aliphatic carbocycles. The fraction of sp³-hybridized carbons (Fsp3) is 0.440. The van der Waals surface area contributed by atoms with E-state index in [1.807, 2.05) is 0 Å². The molecule has 0 saturated heterocycles. The van der Waals surface area contributed by atoms with E-state index >= 15 is 0 Å². The first-order valence-corrected chi connectivity index (χ1v) is 10.4. The smallest absolute Gasteiger partial charge is 0.119 e. The normalized spacial score (nSPS) is 29.6. The van der Waals surface area contributed by atoms with Crippen LogP contribution in [-0.2, 0) is 0 Å². The van der Waals surface area contributed by atoms with Gasteiger partial charge in [0, 0.05) is 0 Å². The molecule has 3 fully saturated rings. The van der Waals surface area contributed by atoms with Crippen LogP contribution in [0.1, 0.15) is 56.1 Å². The zero-order chi connectivity index (χ0) is 18.2. The first-order chi connectivity index (χ1) is 13.2. The van der Waals surface area contributed by atoms with E-state index < -0.39 is 0 Å². The molecule has 5 heterocycles. The number of benzene rings is 2. The van der Waals surface area contributed by atoms with Crippen molar-refractivity contribution in [3.8, 4) is 11.5 Å². The van der Waals surface area contributed by atoms with Gasteiger partial charge in [0.25, 0.3) is 0 Å². The lowest BCUT2D eigenvalue weighted by molar-refractivity contribution is -0.213. The highest BCUT2D eigenvalue weighted by Crippen LogP contribution is 2.76. The second-order valence-corrected chi connectivity index (χ2v) is 8.91. The third-order valence-corrected chi connectivity index (χ3v) is 6.72. The lowest BCUT2D eigenvalue weighted by atomic mass is 9.33. The molecule has 6 bridgehead atoms. The van der Waals surface area contributed by atoms with Crippen LogP contribution in [0.4, 0.5) is 0 Å². The van der Waals surface area contributed by atoms with Gasteiger partial charge < -0.3 is 9.47 Å². The average Bonchev–Trinajstić information content (AvgIpc) is 2.64. The maximum absolute atomic E-state index is 5.96. The Morgan fingerprint density at radius 1 is 0.556 bits per heavy atom. The summed E-state index contributed by atoms with van der Waals surface area (Å²) in [5.41, 5.74) is 3.70. The first-order valence-electron chi connectivity index (χ1n) is 10.4. The van der Waals surface area contributed by atoms with Crippen LogP contribution in [0.15, 0.2) is 48.5 Å². The molecule has 140 valence electrons. The molecule has 3 saturated carbocycles. The van der Waals surface area contributed by atoms with E-state index in [2.05, 4.69) is 60.7 Å². The van der Waals surface area contributed by atoms with Gasteiger partial charge in [0.2, 0.25) is 0 Å². The van der Waals surface area contributed by atoms with Crippen LogP contribution in [-0.4, -0.2) is 13.2 Å². The van der Waals surface area contributed by atoms with Crippen LogP contribution in [0.25, 0.3) is 12.2 Å². The third kappa shape index (κ3) is 3.50. The van der Waals surface area contributed by atoms with E-state index in [0.717, 1.165) is 24.7 Å². The summed E-state index contributed by atoms with van der Waals surface area (Å²) in [5, 5.41) is 0. The summed E-state index contributed by atoms with van der Waals surface area (Å²) in [5.74, 6) is 1.96. The summed E-state index contributed by atoms with van der Waals surface area (Å²) in [6.07, 6.45) is 13.6. The standard InChI is InChI=1S/C25H28O2/c1-13-24-17-25(18-24,19-24)14-2-16-27-23-11-7-21(8-12-23)4-3-20-5-9-22(10-6-20)26-15-1/h3-12H,1-2,13-19H2. The van der Waals surface area contributed by atoms with Crippen molar-refractivity contribution in [1.82, 2.24) is 0 Å². The largest absolute Gasteiger partial charge is 0.494 e. The van der Waals surface area contributed by atoms with Crippen LogP contribution in [0, 0.1) is 10.8 Å². The molecule has 2 aromatic rings. The Morgan fingerprint density at radius 3 is 1.37 bits per heavy atom. The Bertz CT molecular complexity index is 729. The molecule has 8 aliphatic rings. The molecule has 2 heteroatoms. The fourth-order valence-electron chi connectivity index (χ4n) is 5.58. The number of rotatable bonds is 0. The minimum atomic E-state index is 0.660. The number of hydrogen-bond acceptors (Lipinski definition) is 2. The SMILES string of the molecule is C1=Cc2ccc(cc2)OCCCC23CC(CCCOc4ccc1cc4)(C2)C3. The van der Waals surface area contributed by atoms with E-state index in [1.54, 1.807) is 0 Å². The quantitative estimate of drug-likeness (QED) is 0.544. The predicted molar refractivity (Wildman–Crippen MR) is 110 cm³/mol. The van der Waals surface area contributed by atoms with Crippen LogP contribution in [0.5, 0.6) is 11.5 Å². The molecule has 27 heavy (non-hydrogen) atoms. The average molecular weight is 360 g/mol. The molecular weight excluding hydrogens is 332 g/mol. The summed E-state index contributed by atoms with van der Waals surface area (Å²) >= 11 is 0. The summed E-state index contributed by atoms with van der Waals surface area (Å²) in [7, 11) is 0. The topological polar surface area (TPSA) is 18.5 Å². The Morgan fingerprint density at radius 2 is 0.963 bits per heavy atom. The van der Waals surface area contributed by atoms with Crippen molar-refractivity contribution in [2.75, 3.05) is 13.2 Å². The van der Waals surface area contributed by atoms with Crippen LogP contribution < -0.4 is 9.47 Å². The first kappa shape index (κ1) is 16.9. The number of hydrogen-bond donors (Lipinski definition) is 0. The maximum atomic E-state index is 5.96. The maximum Gasteiger partial charge on any atom is 0.119 e. The molecule has 0 amide bonds. The lowest BCUT2D eigenvalue weighted by Gasteiger charge is -2.72. The third-order valence-electron chi connectivity index (χ3n) is 6.72. The second kappa shape index (κ2) is 6.74. The van der Waals surface area contributed by atoms with E-state index in [0.29, 0.717) is 10.8 Å². The van der Waals surface area contributed by atoms with Crippen molar-refractivity contribution < 1.29 is 9.47 Å². The Balaban J connectivity index is 1.29. The van der Waals surface area contributed by atoms with Gasteiger partial charge in [0.15, 0.2) is 0 Å². The van der Waals surface area contributed by atoms with Crippen molar-refractivity contribution in [3.05, 3.63) is 59.7 Å². The molecule has 5 aliphatic heterocycles. The summed E-state index contributed by atoms with van der Waals surface area (Å²) in [6, 6.07) is 16.8. The van der Waals surface area contributed by atoms with Crippen molar-refractivity contribution in [3.63, 3.8) is 0 Å². The van der Waals surface area contributed by atoms with E-state index in [9.17, 15) is 0 Å². The Hall–Kier alpha value is -2.22. The fourth-order valence-corrected chi connectivity index (χ4v) is 5.58. The van der Waals surface area contributed by atoms with E-state index in [4.69, 9.17) is 9.47 Å². The Labute approximate surface area is 162 Å². The lowest BCUT2D eigenvalue weighted by Crippen LogP contribution is -2.61. The van der Waals surface area contributed by atoms with Crippen LogP contribution in [0.2, 0.25) is 0 Å². The van der Waals surface area contributed by atoms with Crippen LogP contribution in [0.3, 0.4) is 0 Å². The van der Waals surface area contributed by atoms with Gasteiger partial charge in [-0.05, 0) is 91.2 Å². The minimum Gasteiger partial charge on any atom is -0.494 e. The highest BCUT2D eigenvalue weighted by atomic mass is 16.5. The number of ether oxygens (including phenoxy) is 2. The van der Waals surface area contributed by atoms with Crippen molar-refractivity contribution in [2.24, 2.45) is 10.8 Å². The summed E-state index contributed by atoms with van der Waals surface area (Å²) < 4.78 is 11.9. The highest BCUT2D eigenvalue weighted by Gasteiger charge is 2.65. The van der Waals surface area contributed by atoms with E-state index in [1.165, 1.54) is 56.1 Å². The molecular formula is C25H28O2. The van der Waals surface area contributed by atoms with Crippen molar-refractivity contribution in [2.45, 2.75) is 44.9 Å². The molecule has 0 atom stereocenters. The minimum absolute atomic E-state index is 0.660. The molecule has 0 spiro atoms. The Kier molecular flexibility index (Phi) is 4.22. The van der Waals surface area contributed by atoms with Gasteiger partial charge in [-0.3, -0.25) is 0 Å². The summed E-state index contributed by atoms with van der Waals surface area (Å²) in [6.45, 7) is 1.67. The zero-order valence-corrected chi connectivity index (χ0v) is 16.0.